The van der Waals surface area contributed by atoms with Crippen LogP contribution in [0.25, 0.3) is 10.9 Å². The maximum Gasteiger partial charge on any atom is 0.161 e. The Morgan fingerprint density at radius 3 is 2.67 bits per heavy atom. The van der Waals surface area contributed by atoms with Crippen LogP contribution in [-0.4, -0.2) is 25.2 Å². The second-order valence-corrected chi connectivity index (χ2v) is 6.15. The minimum atomic E-state index is 0.609. The minimum Gasteiger partial charge on any atom is -0.486 e. The summed E-state index contributed by atoms with van der Waals surface area (Å²) in [6, 6.07) is 16.5. The number of aryl methyl sites for hydroxylation is 1. The van der Waals surface area contributed by atoms with Crippen molar-refractivity contribution in [1.82, 2.24) is 4.98 Å². The number of benzene rings is 2. The van der Waals surface area contributed by atoms with E-state index in [4.69, 9.17) is 14.5 Å². The number of hydrogen-bond donors (Lipinski definition) is 0. The van der Waals surface area contributed by atoms with E-state index in [0.29, 0.717) is 13.2 Å². The Kier molecular flexibility index (Phi) is 3.73. The molecule has 24 heavy (non-hydrogen) atoms. The van der Waals surface area contributed by atoms with Crippen molar-refractivity contribution in [3.05, 3.63) is 59.7 Å². The topological polar surface area (TPSA) is 34.6 Å². The van der Waals surface area contributed by atoms with E-state index in [1.807, 2.05) is 12.1 Å². The first kappa shape index (κ1) is 14.8. The van der Waals surface area contributed by atoms with Gasteiger partial charge in [-0.2, -0.15) is 0 Å². The van der Waals surface area contributed by atoms with Gasteiger partial charge >= 0.3 is 0 Å². The number of nitrogens with zero attached hydrogens (tertiary/aromatic N) is 2. The highest BCUT2D eigenvalue weighted by molar-refractivity contribution is 5.83. The second-order valence-electron chi connectivity index (χ2n) is 6.15. The Morgan fingerprint density at radius 1 is 1.00 bits per heavy atom. The maximum absolute atomic E-state index is 5.67. The average Bonchev–Trinajstić information content (AvgIpc) is 2.61. The molecule has 0 unspecified atom stereocenters. The predicted octanol–water partition coefficient (Wildman–Crippen LogP) is 3.95. The highest BCUT2D eigenvalue weighted by atomic mass is 16.6. The van der Waals surface area contributed by atoms with E-state index in [-0.39, 0.29) is 0 Å². The van der Waals surface area contributed by atoms with E-state index in [1.165, 1.54) is 16.5 Å². The molecule has 0 N–H and O–H groups in total. The maximum atomic E-state index is 5.67. The summed E-state index contributed by atoms with van der Waals surface area (Å²) in [5, 5.41) is 1.20. The molecule has 2 aromatic carbocycles. The van der Waals surface area contributed by atoms with Gasteiger partial charge in [-0.3, -0.25) is 0 Å². The number of para-hydroxylation sites is 1. The summed E-state index contributed by atoms with van der Waals surface area (Å²) >= 11 is 0. The van der Waals surface area contributed by atoms with E-state index >= 15 is 0 Å². The largest absolute Gasteiger partial charge is 0.486 e. The van der Waals surface area contributed by atoms with Gasteiger partial charge in [-0.1, -0.05) is 24.3 Å². The summed E-state index contributed by atoms with van der Waals surface area (Å²) in [6.07, 6.45) is 0. The molecule has 0 atom stereocenters. The van der Waals surface area contributed by atoms with E-state index in [0.717, 1.165) is 29.4 Å². The van der Waals surface area contributed by atoms with Gasteiger partial charge in [-0.05, 0) is 42.3 Å². The number of aromatic nitrogens is 1. The first-order valence-electron chi connectivity index (χ1n) is 8.17. The van der Waals surface area contributed by atoms with Gasteiger partial charge in [0.25, 0.3) is 0 Å². The van der Waals surface area contributed by atoms with Crippen molar-refractivity contribution in [3.63, 3.8) is 0 Å². The molecule has 3 aromatic rings. The van der Waals surface area contributed by atoms with Crippen molar-refractivity contribution in [3.8, 4) is 11.5 Å². The lowest BCUT2D eigenvalue weighted by atomic mass is 10.1. The summed E-state index contributed by atoms with van der Waals surface area (Å²) in [5.41, 5.74) is 3.44. The van der Waals surface area contributed by atoms with Gasteiger partial charge in [0.05, 0.1) is 5.52 Å². The fourth-order valence-corrected chi connectivity index (χ4v) is 3.07. The molecule has 4 rings (SSSR count). The minimum absolute atomic E-state index is 0.609. The summed E-state index contributed by atoms with van der Waals surface area (Å²) in [6.45, 7) is 4.12. The van der Waals surface area contributed by atoms with Crippen LogP contribution in [0.3, 0.4) is 0 Å². The molecule has 0 fully saturated rings. The van der Waals surface area contributed by atoms with Crippen LogP contribution in [0.4, 0.5) is 5.82 Å². The molecule has 0 bridgehead atoms. The summed E-state index contributed by atoms with van der Waals surface area (Å²) in [4.78, 5) is 6.95. The smallest absolute Gasteiger partial charge is 0.161 e. The molecule has 1 aliphatic heterocycles. The predicted molar refractivity (Wildman–Crippen MR) is 96.0 cm³/mol. The number of anilines is 1. The molecule has 0 radical (unpaired) electrons. The number of ether oxygens (including phenoxy) is 2. The third-order valence-corrected chi connectivity index (χ3v) is 4.33. The van der Waals surface area contributed by atoms with E-state index < -0.39 is 0 Å². The van der Waals surface area contributed by atoms with Crippen LogP contribution in [0.1, 0.15) is 11.1 Å². The fourth-order valence-electron chi connectivity index (χ4n) is 3.07. The molecule has 1 aromatic heterocycles. The summed E-state index contributed by atoms with van der Waals surface area (Å²) in [5.74, 6) is 2.63. The molecular weight excluding hydrogens is 300 g/mol. The molecule has 2 heterocycles. The van der Waals surface area contributed by atoms with Crippen molar-refractivity contribution in [2.75, 3.05) is 25.2 Å². The first-order valence-corrected chi connectivity index (χ1v) is 8.17. The standard InChI is InChI=1S/C20H20N2O2/c1-14-11-20(21-17-6-4-3-5-16(14)17)22(2)13-15-7-8-18-19(12-15)24-10-9-23-18/h3-8,11-12H,9-10,13H2,1-2H3. The summed E-state index contributed by atoms with van der Waals surface area (Å²) in [7, 11) is 2.06. The van der Waals surface area contributed by atoms with E-state index in [9.17, 15) is 0 Å². The molecule has 0 aliphatic carbocycles. The number of fused-ring (bicyclic) bond motifs is 2. The van der Waals surface area contributed by atoms with Crippen molar-refractivity contribution in [2.45, 2.75) is 13.5 Å². The molecule has 1 aliphatic rings. The zero-order valence-corrected chi connectivity index (χ0v) is 14.0. The lowest BCUT2D eigenvalue weighted by Crippen LogP contribution is -2.19. The van der Waals surface area contributed by atoms with Gasteiger partial charge in [0.1, 0.15) is 19.0 Å². The zero-order valence-electron chi connectivity index (χ0n) is 14.0. The van der Waals surface area contributed by atoms with Gasteiger partial charge in [-0.25, -0.2) is 4.98 Å². The van der Waals surface area contributed by atoms with Crippen LogP contribution in [0.2, 0.25) is 0 Å². The first-order chi connectivity index (χ1) is 11.7. The molecule has 0 saturated heterocycles. The van der Waals surface area contributed by atoms with E-state index in [2.05, 4.69) is 55.3 Å². The van der Waals surface area contributed by atoms with Crippen LogP contribution in [0.15, 0.2) is 48.5 Å². The number of hydrogen-bond acceptors (Lipinski definition) is 4. The number of rotatable bonds is 3. The molecule has 122 valence electrons. The molecule has 0 saturated carbocycles. The van der Waals surface area contributed by atoms with Crippen molar-refractivity contribution in [1.29, 1.82) is 0 Å². The van der Waals surface area contributed by atoms with Gasteiger partial charge in [-0.15, -0.1) is 0 Å². The Balaban J connectivity index is 1.61. The van der Waals surface area contributed by atoms with Crippen LogP contribution >= 0.6 is 0 Å². The molecule has 0 spiro atoms. The van der Waals surface area contributed by atoms with Crippen LogP contribution < -0.4 is 14.4 Å². The summed E-state index contributed by atoms with van der Waals surface area (Å²) < 4.78 is 11.3. The molecule has 4 nitrogen and oxygen atoms in total. The fraction of sp³-hybridized carbons (Fsp3) is 0.250. The Bertz CT molecular complexity index is 892. The molecular formula is C20H20N2O2. The highest BCUT2D eigenvalue weighted by Gasteiger charge is 2.13. The van der Waals surface area contributed by atoms with Crippen LogP contribution in [0.5, 0.6) is 11.5 Å². The number of pyridine rings is 1. The SMILES string of the molecule is Cc1cc(N(C)Cc2ccc3c(c2)OCCO3)nc2ccccc12. The second kappa shape index (κ2) is 6.04. The third-order valence-electron chi connectivity index (χ3n) is 4.33. The van der Waals surface area contributed by atoms with Crippen molar-refractivity contribution >= 4 is 16.7 Å². The van der Waals surface area contributed by atoms with Crippen LogP contribution in [0, 0.1) is 6.92 Å². The molecule has 4 heteroatoms. The van der Waals surface area contributed by atoms with Gasteiger partial charge in [0.15, 0.2) is 11.5 Å². The van der Waals surface area contributed by atoms with Crippen molar-refractivity contribution in [2.24, 2.45) is 0 Å². The Hall–Kier alpha value is -2.75. The van der Waals surface area contributed by atoms with E-state index in [1.54, 1.807) is 0 Å². The van der Waals surface area contributed by atoms with Gasteiger partial charge < -0.3 is 14.4 Å². The lowest BCUT2D eigenvalue weighted by Gasteiger charge is -2.22. The molecule has 0 amide bonds. The third kappa shape index (κ3) is 2.75. The highest BCUT2D eigenvalue weighted by Crippen LogP contribution is 2.31. The lowest BCUT2D eigenvalue weighted by molar-refractivity contribution is 0.171. The average molecular weight is 320 g/mol. The van der Waals surface area contributed by atoms with Crippen LogP contribution in [-0.2, 0) is 6.54 Å². The Labute approximate surface area is 141 Å². The van der Waals surface area contributed by atoms with Crippen molar-refractivity contribution < 1.29 is 9.47 Å². The monoisotopic (exact) mass is 320 g/mol. The van der Waals surface area contributed by atoms with Gasteiger partial charge in [0.2, 0.25) is 0 Å². The Morgan fingerprint density at radius 2 is 1.79 bits per heavy atom. The zero-order chi connectivity index (χ0) is 16.5. The van der Waals surface area contributed by atoms with Gasteiger partial charge in [0, 0.05) is 19.0 Å². The normalized spacial score (nSPS) is 13.1. The quantitative estimate of drug-likeness (QED) is 0.732.